The molecule has 0 saturated carbocycles. The molecule has 6 heteroatoms. The van der Waals surface area contributed by atoms with Gasteiger partial charge in [-0.25, -0.2) is 4.79 Å². The largest absolute Gasteiger partial charge is 0.497 e. The first-order valence-electron chi connectivity index (χ1n) is 6.21. The van der Waals surface area contributed by atoms with E-state index in [0.717, 1.165) is 17.1 Å². The number of hydrogen-bond donors (Lipinski definition) is 1. The molecule has 0 radical (unpaired) electrons. The monoisotopic (exact) mass is 322 g/mol. The average Bonchev–Trinajstić information content (AvgIpc) is 2.99. The molecule has 4 nitrogen and oxygen atoms in total. The lowest BCUT2D eigenvalue weighted by Gasteiger charge is -2.02. The van der Waals surface area contributed by atoms with E-state index in [1.54, 1.807) is 25.3 Å². The molecule has 1 heterocycles. The topological polar surface area (TPSA) is 63.6 Å². The van der Waals surface area contributed by atoms with Gasteiger partial charge in [0.2, 0.25) is 0 Å². The second-order valence-electron chi connectivity index (χ2n) is 4.14. The number of carbonyl (C=O) groups is 2. The molecule has 1 fully saturated rings. The summed E-state index contributed by atoms with van der Waals surface area (Å²) in [5, 5.41) is 9.22. The van der Waals surface area contributed by atoms with Crippen molar-refractivity contribution in [2.24, 2.45) is 0 Å². The maximum atomic E-state index is 12.1. The number of carboxylic acid groups (broad SMARTS) is 1. The van der Waals surface area contributed by atoms with Crippen LogP contribution in [0.4, 0.5) is 0 Å². The van der Waals surface area contributed by atoms with Crippen LogP contribution in [0.25, 0.3) is 6.08 Å². The molecule has 0 amide bonds. The molecular weight excluding hydrogens is 308 g/mol. The summed E-state index contributed by atoms with van der Waals surface area (Å²) in [6.45, 7) is 0. The van der Waals surface area contributed by atoms with Crippen molar-refractivity contribution in [1.29, 1.82) is 0 Å². The van der Waals surface area contributed by atoms with Crippen LogP contribution in [-0.2, 0) is 9.59 Å². The fourth-order valence-corrected chi connectivity index (χ4v) is 4.28. The highest BCUT2D eigenvalue weighted by molar-refractivity contribution is 8.25. The van der Waals surface area contributed by atoms with Gasteiger partial charge in [-0.2, -0.15) is 0 Å². The van der Waals surface area contributed by atoms with Crippen LogP contribution in [0.15, 0.2) is 40.2 Å². The number of carboxylic acids is 1. The van der Waals surface area contributed by atoms with Gasteiger partial charge in [-0.3, -0.25) is 4.79 Å². The highest BCUT2D eigenvalue weighted by atomic mass is 32.2. The zero-order valence-corrected chi connectivity index (χ0v) is 13.0. The number of carbonyl (C=O) groups excluding carboxylic acids is 1. The minimum Gasteiger partial charge on any atom is -0.497 e. The van der Waals surface area contributed by atoms with Crippen molar-refractivity contribution in [3.8, 4) is 5.75 Å². The Bertz CT molecular complexity index is 612. The fourth-order valence-electron chi connectivity index (χ4n) is 1.75. The number of aliphatic carboxylic acids is 1. The number of hydrogen-bond acceptors (Lipinski definition) is 5. The lowest BCUT2D eigenvalue weighted by Crippen LogP contribution is -2.11. The van der Waals surface area contributed by atoms with Gasteiger partial charge in [0.05, 0.1) is 11.3 Å². The Labute approximate surface area is 131 Å². The summed E-state index contributed by atoms with van der Waals surface area (Å²) in [7, 11) is 1.56. The number of benzene rings is 1. The highest BCUT2D eigenvalue weighted by Gasteiger charge is 2.24. The zero-order chi connectivity index (χ0) is 15.2. The second kappa shape index (κ2) is 7.38. The standard InChI is InChI=1S/C15H14O4S2/c1-19-11-4-2-3-10(9-11)5-6-12(16)13(14(17)18)15-20-7-8-21-15/h2-6,9H,7-8H2,1H3,(H,17,18)/b6-5+. The molecule has 0 unspecified atom stereocenters. The van der Waals surface area contributed by atoms with E-state index in [-0.39, 0.29) is 5.57 Å². The molecule has 110 valence electrons. The third-order valence-corrected chi connectivity index (χ3v) is 5.45. The van der Waals surface area contributed by atoms with Crippen LogP contribution >= 0.6 is 23.5 Å². The predicted octanol–water partition coefficient (Wildman–Crippen LogP) is 3.05. The summed E-state index contributed by atoms with van der Waals surface area (Å²) < 4.78 is 5.70. The van der Waals surface area contributed by atoms with Crippen molar-refractivity contribution < 1.29 is 19.4 Å². The quantitative estimate of drug-likeness (QED) is 0.511. The minimum absolute atomic E-state index is 0.137. The lowest BCUT2D eigenvalue weighted by molar-refractivity contribution is -0.134. The Morgan fingerprint density at radius 1 is 1.29 bits per heavy atom. The van der Waals surface area contributed by atoms with Gasteiger partial charge < -0.3 is 9.84 Å². The first kappa shape index (κ1) is 15.7. The van der Waals surface area contributed by atoms with E-state index in [1.165, 1.54) is 29.6 Å². The Morgan fingerprint density at radius 2 is 2.00 bits per heavy atom. The number of thioether (sulfide) groups is 2. The molecule has 2 rings (SSSR count). The van der Waals surface area contributed by atoms with Gasteiger partial charge in [0.15, 0.2) is 5.78 Å². The number of ether oxygens (including phenoxy) is 1. The van der Waals surface area contributed by atoms with E-state index in [9.17, 15) is 14.7 Å². The normalized spacial score (nSPS) is 14.4. The smallest absolute Gasteiger partial charge is 0.341 e. The van der Waals surface area contributed by atoms with Crippen LogP contribution in [0.1, 0.15) is 5.56 Å². The van der Waals surface area contributed by atoms with Gasteiger partial charge >= 0.3 is 5.97 Å². The van der Waals surface area contributed by atoms with Crippen LogP contribution in [0, 0.1) is 0 Å². The SMILES string of the molecule is COc1cccc(/C=C/C(=O)C(C(=O)O)=C2SCCS2)c1. The number of methoxy groups -OCH3 is 1. The van der Waals surface area contributed by atoms with E-state index >= 15 is 0 Å². The first-order chi connectivity index (χ1) is 10.1. The van der Waals surface area contributed by atoms with Gasteiger partial charge in [0.1, 0.15) is 11.3 Å². The van der Waals surface area contributed by atoms with Gasteiger partial charge in [-0.1, -0.05) is 18.2 Å². The molecule has 0 atom stereocenters. The van der Waals surface area contributed by atoms with Crippen LogP contribution in [0.2, 0.25) is 0 Å². The minimum atomic E-state index is -1.17. The van der Waals surface area contributed by atoms with E-state index < -0.39 is 11.8 Å². The summed E-state index contributed by atoms with van der Waals surface area (Å²) in [6, 6.07) is 7.20. The number of rotatable bonds is 5. The molecule has 0 aliphatic carbocycles. The van der Waals surface area contributed by atoms with E-state index in [0.29, 0.717) is 9.99 Å². The van der Waals surface area contributed by atoms with E-state index in [1.807, 2.05) is 12.1 Å². The summed E-state index contributed by atoms with van der Waals surface area (Å²) in [5.74, 6) is 0.700. The fraction of sp³-hybridized carbons (Fsp3) is 0.200. The average molecular weight is 322 g/mol. The van der Waals surface area contributed by atoms with E-state index in [4.69, 9.17) is 4.74 Å². The number of ketones is 1. The summed E-state index contributed by atoms with van der Waals surface area (Å²) in [5.41, 5.74) is 0.644. The molecule has 1 N–H and O–H groups in total. The Balaban J connectivity index is 2.20. The third-order valence-electron chi connectivity index (χ3n) is 2.73. The van der Waals surface area contributed by atoms with Crippen molar-refractivity contribution in [2.75, 3.05) is 18.6 Å². The van der Waals surface area contributed by atoms with Crippen molar-refractivity contribution in [1.82, 2.24) is 0 Å². The van der Waals surface area contributed by atoms with Gasteiger partial charge in [0, 0.05) is 11.5 Å². The molecule has 1 aliphatic rings. The molecule has 1 aromatic rings. The predicted molar refractivity (Wildman–Crippen MR) is 86.6 cm³/mol. The lowest BCUT2D eigenvalue weighted by atomic mass is 10.1. The summed E-state index contributed by atoms with van der Waals surface area (Å²) in [4.78, 5) is 23.4. The maximum Gasteiger partial charge on any atom is 0.341 e. The van der Waals surface area contributed by atoms with Crippen LogP contribution in [-0.4, -0.2) is 35.5 Å². The number of allylic oxidation sites excluding steroid dienone is 1. The first-order valence-corrected chi connectivity index (χ1v) is 8.18. The molecule has 1 saturated heterocycles. The van der Waals surface area contributed by atoms with Crippen molar-refractivity contribution in [3.63, 3.8) is 0 Å². The zero-order valence-electron chi connectivity index (χ0n) is 11.4. The second-order valence-corrected chi connectivity index (χ2v) is 6.61. The third kappa shape index (κ3) is 4.15. The van der Waals surface area contributed by atoms with Gasteiger partial charge in [-0.05, 0) is 23.8 Å². The molecule has 21 heavy (non-hydrogen) atoms. The molecule has 0 spiro atoms. The van der Waals surface area contributed by atoms with Crippen molar-refractivity contribution in [2.45, 2.75) is 0 Å². The molecule has 0 aromatic heterocycles. The molecule has 0 bridgehead atoms. The van der Waals surface area contributed by atoms with Crippen molar-refractivity contribution >= 4 is 41.4 Å². The Kier molecular flexibility index (Phi) is 5.52. The van der Waals surface area contributed by atoms with Crippen LogP contribution in [0.5, 0.6) is 5.75 Å². The molecule has 1 aromatic carbocycles. The maximum absolute atomic E-state index is 12.1. The summed E-state index contributed by atoms with van der Waals surface area (Å²) >= 11 is 2.84. The van der Waals surface area contributed by atoms with Crippen LogP contribution < -0.4 is 4.74 Å². The Morgan fingerprint density at radius 3 is 2.62 bits per heavy atom. The molecule has 1 aliphatic heterocycles. The highest BCUT2D eigenvalue weighted by Crippen LogP contribution is 2.39. The van der Waals surface area contributed by atoms with Gasteiger partial charge in [-0.15, -0.1) is 23.5 Å². The van der Waals surface area contributed by atoms with Crippen molar-refractivity contribution in [3.05, 3.63) is 45.7 Å². The van der Waals surface area contributed by atoms with E-state index in [2.05, 4.69) is 0 Å². The Hall–Kier alpha value is -1.66. The molecular formula is C15H14O4S2. The van der Waals surface area contributed by atoms with Gasteiger partial charge in [0.25, 0.3) is 0 Å². The summed E-state index contributed by atoms with van der Waals surface area (Å²) in [6.07, 6.45) is 2.89. The van der Waals surface area contributed by atoms with Crippen LogP contribution in [0.3, 0.4) is 0 Å².